The normalized spacial score (nSPS) is 13.0. The van der Waals surface area contributed by atoms with E-state index in [1.54, 1.807) is 46.2 Å². The van der Waals surface area contributed by atoms with Crippen LogP contribution in [0, 0.1) is 5.82 Å². The van der Waals surface area contributed by atoms with Gasteiger partial charge in [-0.05, 0) is 60.2 Å². The number of nitrogens with one attached hydrogen (secondary N) is 1. The number of amides is 1. The van der Waals surface area contributed by atoms with E-state index in [1.165, 1.54) is 30.3 Å². The van der Waals surface area contributed by atoms with E-state index < -0.39 is 0 Å². The Hall–Kier alpha value is -4.66. The number of benzene rings is 2. The summed E-state index contributed by atoms with van der Waals surface area (Å²) in [6, 6.07) is 14.0. The highest BCUT2D eigenvalue weighted by molar-refractivity contribution is 6.04. The molecular weight excluding hydrogens is 437 g/mol. The number of nitrogens with zero attached hydrogens (tertiary/aromatic N) is 4. The zero-order valence-corrected chi connectivity index (χ0v) is 17.9. The van der Waals surface area contributed by atoms with E-state index in [2.05, 4.69) is 10.4 Å². The van der Waals surface area contributed by atoms with Gasteiger partial charge in [0.15, 0.2) is 11.5 Å². The Bertz CT molecular complexity index is 1380. The predicted molar refractivity (Wildman–Crippen MR) is 126 cm³/mol. The smallest absolute Gasteiger partial charge is 0.253 e. The molecule has 0 radical (unpaired) electrons. The van der Waals surface area contributed by atoms with Crippen molar-refractivity contribution >= 4 is 17.9 Å². The number of aromatic nitrogens is 3. The Morgan fingerprint density at radius 1 is 1.00 bits per heavy atom. The number of imidazole rings is 1. The van der Waals surface area contributed by atoms with Crippen LogP contribution in [0.5, 0.6) is 11.5 Å². The zero-order valence-electron chi connectivity index (χ0n) is 17.9. The monoisotopic (exact) mass is 457 g/mol. The van der Waals surface area contributed by atoms with Gasteiger partial charge in [0.1, 0.15) is 11.5 Å². The molecule has 1 amide bonds. The number of hydrogen-bond acceptors (Lipinski definition) is 6. The first-order valence-corrected chi connectivity index (χ1v) is 10.6. The molecule has 2 aromatic heterocycles. The first-order valence-electron chi connectivity index (χ1n) is 10.6. The van der Waals surface area contributed by atoms with Crippen LogP contribution in [0.4, 0.5) is 10.3 Å². The van der Waals surface area contributed by atoms with Gasteiger partial charge < -0.3 is 15.6 Å². The van der Waals surface area contributed by atoms with Crippen molar-refractivity contribution in [2.75, 3.05) is 23.4 Å². The number of carbonyl (C=O) groups excluding carboxylic acids is 1. The summed E-state index contributed by atoms with van der Waals surface area (Å²) in [4.78, 5) is 23.5. The Morgan fingerprint density at radius 2 is 1.76 bits per heavy atom. The maximum Gasteiger partial charge on any atom is 0.253 e. The van der Waals surface area contributed by atoms with Crippen LogP contribution in [0.1, 0.15) is 5.56 Å². The minimum Gasteiger partial charge on any atom is -0.504 e. The number of phenolic OH excluding ortho intramolecular Hbond substituents is 2. The molecule has 34 heavy (non-hydrogen) atoms. The fraction of sp³-hybridized carbons (Fsp3) is 0.0800. The Morgan fingerprint density at radius 3 is 2.50 bits per heavy atom. The van der Waals surface area contributed by atoms with Crippen LogP contribution >= 0.6 is 0 Å². The van der Waals surface area contributed by atoms with Gasteiger partial charge in [0.2, 0.25) is 5.95 Å². The van der Waals surface area contributed by atoms with Gasteiger partial charge in [-0.1, -0.05) is 6.07 Å². The van der Waals surface area contributed by atoms with E-state index in [0.717, 1.165) is 11.3 Å². The number of aromatic hydroxyl groups is 2. The highest BCUT2D eigenvalue weighted by Crippen LogP contribution is 2.36. The summed E-state index contributed by atoms with van der Waals surface area (Å²) in [7, 11) is 0. The fourth-order valence-electron chi connectivity index (χ4n) is 3.81. The van der Waals surface area contributed by atoms with Crippen LogP contribution in [-0.4, -0.2) is 43.9 Å². The van der Waals surface area contributed by atoms with E-state index in [4.69, 9.17) is 4.98 Å². The van der Waals surface area contributed by atoms with E-state index in [1.807, 2.05) is 12.1 Å². The maximum atomic E-state index is 13.6. The van der Waals surface area contributed by atoms with Crippen LogP contribution in [0.15, 0.2) is 73.1 Å². The minimum atomic E-state index is -0.349. The van der Waals surface area contributed by atoms with Crippen molar-refractivity contribution in [1.82, 2.24) is 14.6 Å². The van der Waals surface area contributed by atoms with Crippen molar-refractivity contribution < 1.29 is 19.4 Å². The molecular formula is C25H20FN5O3. The molecule has 0 bridgehead atoms. The summed E-state index contributed by atoms with van der Waals surface area (Å²) in [5.41, 5.74) is 6.72. The molecule has 5 rings (SSSR count). The first kappa shape index (κ1) is 21.2. The summed E-state index contributed by atoms with van der Waals surface area (Å²) in [6.07, 6.45) is 6.29. The molecule has 3 heterocycles. The van der Waals surface area contributed by atoms with Gasteiger partial charge in [0, 0.05) is 42.7 Å². The molecule has 0 unspecified atom stereocenters. The lowest BCUT2D eigenvalue weighted by atomic mass is 10.1. The topological polar surface area (TPSA) is 104 Å². The molecule has 0 atom stereocenters. The van der Waals surface area contributed by atoms with Gasteiger partial charge >= 0.3 is 0 Å². The second-order valence-electron chi connectivity index (χ2n) is 7.67. The van der Waals surface area contributed by atoms with Crippen molar-refractivity contribution in [3.8, 4) is 34.0 Å². The van der Waals surface area contributed by atoms with Crippen LogP contribution in [0.3, 0.4) is 0 Å². The van der Waals surface area contributed by atoms with E-state index >= 15 is 0 Å². The third-order valence-corrected chi connectivity index (χ3v) is 5.46. The standard InChI is InChI=1S/C25H20FN5O3/c26-19-5-3-17(4-6-19)23-24(18-9-11-27-12-10-18)31-25(29-23)30(14-13-28-31)22(34)8-2-16-1-7-20(32)21(33)15-16/h1-12,15,28,32-33H,13-14H2. The molecule has 8 nitrogen and oxygen atoms in total. The molecule has 170 valence electrons. The largest absolute Gasteiger partial charge is 0.504 e. The highest BCUT2D eigenvalue weighted by Gasteiger charge is 2.29. The summed E-state index contributed by atoms with van der Waals surface area (Å²) in [5.74, 6) is -0.742. The molecule has 0 spiro atoms. The molecule has 0 saturated carbocycles. The van der Waals surface area contributed by atoms with Crippen molar-refractivity contribution in [2.24, 2.45) is 0 Å². The van der Waals surface area contributed by atoms with E-state index in [-0.39, 0.29) is 23.2 Å². The van der Waals surface area contributed by atoms with Crippen molar-refractivity contribution in [1.29, 1.82) is 0 Å². The number of carbonyl (C=O) groups is 1. The van der Waals surface area contributed by atoms with Gasteiger partial charge in [0.05, 0.1) is 5.69 Å². The average Bonchev–Trinajstić information content (AvgIpc) is 3.25. The predicted octanol–water partition coefficient (Wildman–Crippen LogP) is 3.77. The van der Waals surface area contributed by atoms with Gasteiger partial charge in [-0.2, -0.15) is 0 Å². The quantitative estimate of drug-likeness (QED) is 0.319. The number of pyridine rings is 1. The molecule has 0 saturated heterocycles. The van der Waals surface area contributed by atoms with Crippen molar-refractivity contribution in [3.05, 3.63) is 84.4 Å². The third-order valence-electron chi connectivity index (χ3n) is 5.46. The van der Waals surface area contributed by atoms with Gasteiger partial charge in [-0.15, -0.1) is 0 Å². The van der Waals surface area contributed by atoms with Crippen LogP contribution < -0.4 is 10.3 Å². The maximum absolute atomic E-state index is 13.6. The van der Waals surface area contributed by atoms with Crippen LogP contribution in [0.2, 0.25) is 0 Å². The molecule has 0 fully saturated rings. The summed E-state index contributed by atoms with van der Waals surface area (Å²) >= 11 is 0. The van der Waals surface area contributed by atoms with E-state index in [0.29, 0.717) is 35.9 Å². The Kier molecular flexibility index (Phi) is 5.43. The third kappa shape index (κ3) is 3.95. The van der Waals surface area contributed by atoms with Crippen molar-refractivity contribution in [3.63, 3.8) is 0 Å². The first-order chi connectivity index (χ1) is 16.5. The second-order valence-corrected chi connectivity index (χ2v) is 7.67. The summed E-state index contributed by atoms with van der Waals surface area (Å²) < 4.78 is 15.3. The summed E-state index contributed by atoms with van der Waals surface area (Å²) in [5, 5.41) is 19.2. The number of fused-ring (bicyclic) bond motifs is 1. The lowest BCUT2D eigenvalue weighted by Gasteiger charge is -2.28. The summed E-state index contributed by atoms with van der Waals surface area (Å²) in [6.45, 7) is 0.879. The number of hydrogen-bond donors (Lipinski definition) is 3. The Balaban J connectivity index is 1.56. The molecule has 0 aliphatic carbocycles. The van der Waals surface area contributed by atoms with Gasteiger partial charge in [-0.25, -0.2) is 14.1 Å². The van der Waals surface area contributed by atoms with Gasteiger partial charge in [-0.3, -0.25) is 14.7 Å². The highest BCUT2D eigenvalue weighted by atomic mass is 19.1. The molecule has 1 aliphatic heterocycles. The minimum absolute atomic E-state index is 0.232. The molecule has 2 aromatic carbocycles. The SMILES string of the molecule is O=C(C=Cc1ccc(O)c(O)c1)N1CCNn2c1nc(-c1ccc(F)cc1)c2-c1ccncc1. The lowest BCUT2D eigenvalue weighted by Crippen LogP contribution is -2.43. The zero-order chi connectivity index (χ0) is 23.7. The van der Waals surface area contributed by atoms with E-state index in [9.17, 15) is 19.4 Å². The number of anilines is 1. The molecule has 4 aromatic rings. The van der Waals surface area contributed by atoms with Crippen LogP contribution in [-0.2, 0) is 4.79 Å². The lowest BCUT2D eigenvalue weighted by molar-refractivity contribution is -0.114. The van der Waals surface area contributed by atoms with Crippen LogP contribution in [0.25, 0.3) is 28.6 Å². The van der Waals surface area contributed by atoms with Crippen molar-refractivity contribution in [2.45, 2.75) is 0 Å². The average molecular weight is 457 g/mol. The molecule has 9 heteroatoms. The number of halogens is 1. The number of rotatable bonds is 4. The Labute approximate surface area is 194 Å². The second kappa shape index (κ2) is 8.70. The van der Waals surface area contributed by atoms with Gasteiger partial charge in [0.25, 0.3) is 5.91 Å². The molecule has 1 aliphatic rings. The molecule has 3 N–H and O–H groups in total. The number of phenols is 2. The fourth-order valence-corrected chi connectivity index (χ4v) is 3.81.